The molecule has 1 aliphatic heterocycles. The van der Waals surface area contributed by atoms with E-state index in [1.807, 2.05) is 31.2 Å². The fraction of sp³-hybridized carbons (Fsp3) is 0.304. The van der Waals surface area contributed by atoms with E-state index in [1.54, 1.807) is 4.90 Å². The number of amides is 2. The monoisotopic (exact) mass is 471 g/mol. The first-order chi connectivity index (χ1) is 15.9. The molecule has 33 heavy (non-hydrogen) atoms. The molecule has 0 spiro atoms. The molecule has 3 aromatic rings. The van der Waals surface area contributed by atoms with Crippen LogP contribution in [0.15, 0.2) is 48.7 Å². The largest absolute Gasteiger partial charge is 0.489 e. The van der Waals surface area contributed by atoms with Gasteiger partial charge >= 0.3 is 0 Å². The van der Waals surface area contributed by atoms with Gasteiger partial charge in [0.05, 0.1) is 23.5 Å². The van der Waals surface area contributed by atoms with E-state index in [-0.39, 0.29) is 24.2 Å². The molecule has 8 nitrogen and oxygen atoms in total. The lowest BCUT2D eigenvalue weighted by atomic mass is 10.1. The molecule has 1 N–H and O–H groups in total. The van der Waals surface area contributed by atoms with Crippen LogP contribution in [0.2, 0.25) is 5.02 Å². The molecular weight excluding hydrogens is 449 g/mol. The third-order valence-electron chi connectivity index (χ3n) is 5.37. The van der Waals surface area contributed by atoms with E-state index in [0.29, 0.717) is 36.7 Å². The van der Waals surface area contributed by atoms with Gasteiger partial charge in [-0.1, -0.05) is 28.9 Å². The van der Waals surface area contributed by atoms with Crippen LogP contribution in [0.4, 0.5) is 4.39 Å². The van der Waals surface area contributed by atoms with Crippen molar-refractivity contribution in [1.29, 1.82) is 0 Å². The molecule has 172 valence electrons. The standard InChI is InChI=1S/C23H23ClFN5O3/c1-15-3-2-4-17(11-15)30-14-20(27-28-30)23(32)26-13-22(31)29-9-7-18(8-10-29)33-21-12-16(25)5-6-19(21)24/h2-6,11-12,14,18H,7-10,13H2,1H3,(H,26,32). The third kappa shape index (κ3) is 5.67. The van der Waals surface area contributed by atoms with Crippen LogP contribution in [-0.2, 0) is 4.79 Å². The molecule has 0 atom stereocenters. The molecule has 0 unspecified atom stereocenters. The van der Waals surface area contributed by atoms with Gasteiger partial charge in [0.2, 0.25) is 5.91 Å². The number of carbonyl (C=O) groups excluding carboxylic acids is 2. The van der Waals surface area contributed by atoms with E-state index in [4.69, 9.17) is 16.3 Å². The average molecular weight is 472 g/mol. The van der Waals surface area contributed by atoms with Crippen LogP contribution in [-0.4, -0.2) is 57.4 Å². The number of ether oxygens (including phenoxy) is 1. The van der Waals surface area contributed by atoms with Crippen LogP contribution in [0.3, 0.4) is 0 Å². The number of rotatable bonds is 6. The highest BCUT2D eigenvalue weighted by Gasteiger charge is 2.25. The molecule has 0 aliphatic carbocycles. The van der Waals surface area contributed by atoms with Crippen molar-refractivity contribution in [3.63, 3.8) is 0 Å². The lowest BCUT2D eigenvalue weighted by Crippen LogP contribution is -2.46. The Kier molecular flexibility index (Phi) is 6.88. The Labute approximate surface area is 195 Å². The van der Waals surface area contributed by atoms with E-state index in [1.165, 1.54) is 29.1 Å². The Balaban J connectivity index is 1.25. The molecule has 0 radical (unpaired) electrons. The first kappa shape index (κ1) is 22.7. The van der Waals surface area contributed by atoms with Crippen molar-refractivity contribution >= 4 is 23.4 Å². The summed E-state index contributed by atoms with van der Waals surface area (Å²) in [6, 6.07) is 11.6. The van der Waals surface area contributed by atoms with E-state index in [9.17, 15) is 14.0 Å². The molecular formula is C23H23ClFN5O3. The molecule has 1 fully saturated rings. The fourth-order valence-electron chi connectivity index (χ4n) is 3.59. The van der Waals surface area contributed by atoms with Crippen molar-refractivity contribution in [2.75, 3.05) is 19.6 Å². The van der Waals surface area contributed by atoms with Crippen molar-refractivity contribution in [2.45, 2.75) is 25.9 Å². The summed E-state index contributed by atoms with van der Waals surface area (Å²) in [7, 11) is 0. The van der Waals surface area contributed by atoms with Gasteiger partial charge in [0.25, 0.3) is 5.91 Å². The van der Waals surface area contributed by atoms with Crippen LogP contribution in [0.25, 0.3) is 5.69 Å². The van der Waals surface area contributed by atoms with Gasteiger partial charge in [-0.05, 0) is 36.8 Å². The lowest BCUT2D eigenvalue weighted by Gasteiger charge is -2.32. The summed E-state index contributed by atoms with van der Waals surface area (Å²) in [5.74, 6) is -0.790. The molecule has 0 bridgehead atoms. The highest BCUT2D eigenvalue weighted by Crippen LogP contribution is 2.28. The normalized spacial score (nSPS) is 14.2. The number of likely N-dealkylation sites (tertiary alicyclic amines) is 1. The Hall–Kier alpha value is -3.46. The molecule has 4 rings (SSSR count). The van der Waals surface area contributed by atoms with Crippen LogP contribution in [0, 0.1) is 12.7 Å². The predicted molar refractivity (Wildman–Crippen MR) is 120 cm³/mol. The second kappa shape index (κ2) is 9.99. The van der Waals surface area contributed by atoms with Crippen molar-refractivity contribution in [2.24, 2.45) is 0 Å². The topological polar surface area (TPSA) is 89.4 Å². The molecule has 1 saturated heterocycles. The zero-order valence-electron chi connectivity index (χ0n) is 18.0. The minimum absolute atomic E-state index is 0.128. The smallest absolute Gasteiger partial charge is 0.273 e. The van der Waals surface area contributed by atoms with Crippen LogP contribution in [0.1, 0.15) is 28.9 Å². The third-order valence-corrected chi connectivity index (χ3v) is 5.69. The van der Waals surface area contributed by atoms with Crippen molar-refractivity contribution in [1.82, 2.24) is 25.2 Å². The summed E-state index contributed by atoms with van der Waals surface area (Å²) in [4.78, 5) is 26.6. The molecule has 1 aliphatic rings. The maximum Gasteiger partial charge on any atom is 0.273 e. The number of nitrogens with zero attached hydrogens (tertiary/aromatic N) is 4. The molecule has 2 amide bonds. The van der Waals surface area contributed by atoms with Gasteiger partial charge in [-0.3, -0.25) is 9.59 Å². The maximum atomic E-state index is 13.4. The highest BCUT2D eigenvalue weighted by atomic mass is 35.5. The SMILES string of the molecule is Cc1cccc(-n2cc(C(=O)NCC(=O)N3CCC(Oc4cc(F)ccc4Cl)CC3)nn2)c1. The maximum absolute atomic E-state index is 13.4. The second-order valence-electron chi connectivity index (χ2n) is 7.84. The van der Waals surface area contributed by atoms with Gasteiger partial charge < -0.3 is 15.0 Å². The molecule has 2 aromatic carbocycles. The zero-order chi connectivity index (χ0) is 23.4. The van der Waals surface area contributed by atoms with Crippen molar-refractivity contribution in [3.8, 4) is 11.4 Å². The van der Waals surface area contributed by atoms with Crippen LogP contribution in [0.5, 0.6) is 5.75 Å². The Morgan fingerprint density at radius 1 is 1.21 bits per heavy atom. The number of benzene rings is 2. The van der Waals surface area contributed by atoms with Gasteiger partial charge in [0.15, 0.2) is 5.69 Å². The second-order valence-corrected chi connectivity index (χ2v) is 8.25. The number of hydrogen-bond acceptors (Lipinski definition) is 5. The predicted octanol–water partition coefficient (Wildman–Crippen LogP) is 3.17. The van der Waals surface area contributed by atoms with Gasteiger partial charge in [0, 0.05) is 32.0 Å². The van der Waals surface area contributed by atoms with Gasteiger partial charge in [-0.15, -0.1) is 5.10 Å². The minimum Gasteiger partial charge on any atom is -0.489 e. The summed E-state index contributed by atoms with van der Waals surface area (Å²) in [6.07, 6.45) is 2.52. The fourth-order valence-corrected chi connectivity index (χ4v) is 3.75. The summed E-state index contributed by atoms with van der Waals surface area (Å²) >= 11 is 6.05. The minimum atomic E-state index is -0.471. The Bertz CT molecular complexity index is 1160. The Morgan fingerprint density at radius 2 is 2.00 bits per heavy atom. The van der Waals surface area contributed by atoms with Gasteiger partial charge in [0.1, 0.15) is 17.7 Å². The molecule has 10 heteroatoms. The number of aromatic nitrogens is 3. The first-order valence-corrected chi connectivity index (χ1v) is 10.9. The van der Waals surface area contributed by atoms with E-state index >= 15 is 0 Å². The summed E-state index contributed by atoms with van der Waals surface area (Å²) in [5, 5.41) is 10.8. The zero-order valence-corrected chi connectivity index (χ0v) is 18.8. The number of halogens is 2. The highest BCUT2D eigenvalue weighted by molar-refractivity contribution is 6.32. The van der Waals surface area contributed by atoms with E-state index in [2.05, 4.69) is 15.6 Å². The van der Waals surface area contributed by atoms with Crippen LogP contribution < -0.4 is 10.1 Å². The number of hydrogen-bond donors (Lipinski definition) is 1. The summed E-state index contributed by atoms with van der Waals surface area (Å²) < 4.78 is 20.7. The lowest BCUT2D eigenvalue weighted by molar-refractivity contribution is -0.131. The number of piperidine rings is 1. The number of aryl methyl sites for hydroxylation is 1. The molecule has 0 saturated carbocycles. The first-order valence-electron chi connectivity index (χ1n) is 10.6. The Morgan fingerprint density at radius 3 is 2.76 bits per heavy atom. The molecule has 1 aromatic heterocycles. The van der Waals surface area contributed by atoms with Crippen LogP contribution >= 0.6 is 11.6 Å². The number of carbonyl (C=O) groups is 2. The molecule has 2 heterocycles. The van der Waals surface area contributed by atoms with Gasteiger partial charge in [-0.2, -0.15) is 0 Å². The average Bonchev–Trinajstić information content (AvgIpc) is 3.31. The van der Waals surface area contributed by atoms with Gasteiger partial charge in [-0.25, -0.2) is 9.07 Å². The summed E-state index contributed by atoms with van der Waals surface area (Å²) in [5.41, 5.74) is 1.98. The van der Waals surface area contributed by atoms with E-state index in [0.717, 1.165) is 11.3 Å². The number of nitrogens with one attached hydrogen (secondary N) is 1. The summed E-state index contributed by atoms with van der Waals surface area (Å²) in [6.45, 7) is 2.76. The van der Waals surface area contributed by atoms with Crippen molar-refractivity contribution < 1.29 is 18.7 Å². The van der Waals surface area contributed by atoms with E-state index < -0.39 is 11.7 Å². The quantitative estimate of drug-likeness (QED) is 0.596. The van der Waals surface area contributed by atoms with Crippen molar-refractivity contribution in [3.05, 3.63) is 70.8 Å².